The lowest BCUT2D eigenvalue weighted by atomic mass is 10.1. The Labute approximate surface area is 163 Å². The van der Waals surface area contributed by atoms with Gasteiger partial charge in [0.05, 0.1) is 10.0 Å². The van der Waals surface area contributed by atoms with Crippen molar-refractivity contribution in [1.82, 2.24) is 10.3 Å². The summed E-state index contributed by atoms with van der Waals surface area (Å²) in [7, 11) is 0. The van der Waals surface area contributed by atoms with Gasteiger partial charge in [0, 0.05) is 18.3 Å². The number of amides is 2. The van der Waals surface area contributed by atoms with Gasteiger partial charge in [-0.3, -0.25) is 0 Å². The summed E-state index contributed by atoms with van der Waals surface area (Å²) >= 11 is 12.6. The fraction of sp³-hybridized carbons (Fsp3) is 0.263. The molecule has 1 aromatic heterocycles. The summed E-state index contributed by atoms with van der Waals surface area (Å²) in [6.45, 7) is 3.91. The van der Waals surface area contributed by atoms with E-state index >= 15 is 0 Å². The van der Waals surface area contributed by atoms with E-state index < -0.39 is 6.03 Å². The van der Waals surface area contributed by atoms with Crippen molar-refractivity contribution in [2.24, 2.45) is 5.73 Å². The molecule has 1 aromatic carbocycles. The number of aromatic nitrogens is 1. The molecule has 0 aliphatic heterocycles. The Bertz CT molecular complexity index is 769. The molecule has 5 nitrogen and oxygen atoms in total. The van der Waals surface area contributed by atoms with E-state index in [1.807, 2.05) is 37.3 Å². The molecule has 0 fully saturated rings. The van der Waals surface area contributed by atoms with E-state index in [1.54, 1.807) is 12.3 Å². The van der Waals surface area contributed by atoms with E-state index in [0.717, 1.165) is 24.0 Å². The Morgan fingerprint density at radius 1 is 1.35 bits per heavy atom. The third-order valence-electron chi connectivity index (χ3n) is 3.51. The maximum Gasteiger partial charge on any atom is 0.312 e. The lowest BCUT2D eigenvalue weighted by molar-refractivity contribution is 0.247. The number of carbonyl (C=O) groups is 1. The van der Waals surface area contributed by atoms with Crippen LogP contribution in [0.2, 0.25) is 10.0 Å². The second kappa shape index (κ2) is 9.46. The Kier molecular flexibility index (Phi) is 7.30. The number of benzene rings is 1. The number of rotatable bonds is 7. The van der Waals surface area contributed by atoms with Gasteiger partial charge in [0.25, 0.3) is 0 Å². The highest BCUT2D eigenvalue weighted by Crippen LogP contribution is 2.37. The number of ether oxygens (including phenoxy) is 1. The molecule has 2 rings (SSSR count). The molecule has 138 valence electrons. The summed E-state index contributed by atoms with van der Waals surface area (Å²) in [6, 6.07) is 6.53. The molecular weight excluding hydrogens is 373 g/mol. The summed E-state index contributed by atoms with van der Waals surface area (Å²) in [5.74, 6) is 0.778. The van der Waals surface area contributed by atoms with Gasteiger partial charge in [-0.2, -0.15) is 0 Å². The smallest absolute Gasteiger partial charge is 0.312 e. The lowest BCUT2D eigenvalue weighted by Crippen LogP contribution is -2.35. The van der Waals surface area contributed by atoms with Crippen molar-refractivity contribution in [3.05, 3.63) is 57.7 Å². The molecule has 0 aliphatic rings. The average molecular weight is 394 g/mol. The lowest BCUT2D eigenvalue weighted by Gasteiger charge is -2.11. The molecular formula is C19H21Cl2N3O2. The maximum atomic E-state index is 10.8. The number of hydrogen-bond donors (Lipinski definition) is 2. The largest absolute Gasteiger partial charge is 0.436 e. The highest BCUT2D eigenvalue weighted by molar-refractivity contribution is 6.37. The number of halogens is 2. The summed E-state index contributed by atoms with van der Waals surface area (Å²) in [4.78, 5) is 15.0. The molecule has 0 unspecified atom stereocenters. The second-order valence-corrected chi connectivity index (χ2v) is 6.64. The summed E-state index contributed by atoms with van der Waals surface area (Å²) in [5, 5.41) is 3.47. The van der Waals surface area contributed by atoms with Gasteiger partial charge >= 0.3 is 6.03 Å². The fourth-order valence-electron chi connectivity index (χ4n) is 2.33. The van der Waals surface area contributed by atoms with E-state index in [0.29, 0.717) is 21.7 Å². The fourth-order valence-corrected chi connectivity index (χ4v) is 2.94. The molecule has 0 saturated carbocycles. The molecule has 0 aliphatic carbocycles. The van der Waals surface area contributed by atoms with Crippen LogP contribution in [0.3, 0.4) is 0 Å². The van der Waals surface area contributed by atoms with E-state index in [9.17, 15) is 4.79 Å². The van der Waals surface area contributed by atoms with Crippen LogP contribution in [0.5, 0.6) is 11.6 Å². The van der Waals surface area contributed by atoms with Crippen molar-refractivity contribution in [3.8, 4) is 11.6 Å². The number of hydrogen-bond acceptors (Lipinski definition) is 3. The first-order chi connectivity index (χ1) is 12.4. The molecule has 7 heteroatoms. The van der Waals surface area contributed by atoms with Crippen LogP contribution in [0.1, 0.15) is 31.4 Å². The minimum absolute atomic E-state index is 0.178. The molecule has 0 bridgehead atoms. The van der Waals surface area contributed by atoms with Crippen LogP contribution in [0.15, 0.2) is 36.5 Å². The van der Waals surface area contributed by atoms with Gasteiger partial charge in [0.2, 0.25) is 5.88 Å². The van der Waals surface area contributed by atoms with Crippen LogP contribution in [0.4, 0.5) is 4.79 Å². The zero-order valence-electron chi connectivity index (χ0n) is 14.6. The van der Waals surface area contributed by atoms with Crippen molar-refractivity contribution < 1.29 is 9.53 Å². The van der Waals surface area contributed by atoms with Gasteiger partial charge in [-0.15, -0.1) is 0 Å². The minimum Gasteiger partial charge on any atom is -0.436 e. The standard InChI is InChI=1S/C19H21Cl2N3O2/c1-3-4-14-9-15(20)18(16(21)10-14)26-17-8-7-13(11-23-17)6-5-12(2)24-19(22)25/h5-12H,3-4H2,1-2H3,(H3,22,24,25)/b6-5+/t12-/m0/s1. The Hall–Kier alpha value is -2.24. The van der Waals surface area contributed by atoms with Crippen molar-refractivity contribution in [2.75, 3.05) is 0 Å². The van der Waals surface area contributed by atoms with Crippen LogP contribution in [0.25, 0.3) is 6.08 Å². The van der Waals surface area contributed by atoms with E-state index in [4.69, 9.17) is 33.7 Å². The number of urea groups is 1. The quantitative estimate of drug-likeness (QED) is 0.677. The Morgan fingerprint density at radius 2 is 2.04 bits per heavy atom. The van der Waals surface area contributed by atoms with E-state index in [-0.39, 0.29) is 6.04 Å². The molecule has 0 saturated heterocycles. The molecule has 1 heterocycles. The number of nitrogens with zero attached hydrogens (tertiary/aromatic N) is 1. The first-order valence-electron chi connectivity index (χ1n) is 8.25. The summed E-state index contributed by atoms with van der Waals surface area (Å²) in [5.41, 5.74) is 7.00. The summed E-state index contributed by atoms with van der Waals surface area (Å²) in [6.07, 6.45) is 7.20. The zero-order chi connectivity index (χ0) is 19.1. The minimum atomic E-state index is -0.567. The van der Waals surface area contributed by atoms with Crippen LogP contribution < -0.4 is 15.8 Å². The average Bonchev–Trinajstić information content (AvgIpc) is 2.57. The van der Waals surface area contributed by atoms with Crippen molar-refractivity contribution >= 4 is 35.3 Å². The number of nitrogens with two attached hydrogens (primary N) is 1. The highest BCUT2D eigenvalue weighted by Gasteiger charge is 2.11. The molecule has 0 radical (unpaired) electrons. The van der Waals surface area contributed by atoms with E-state index in [2.05, 4.69) is 17.2 Å². The summed E-state index contributed by atoms with van der Waals surface area (Å²) < 4.78 is 5.73. The topological polar surface area (TPSA) is 77.2 Å². The van der Waals surface area contributed by atoms with Gasteiger partial charge in [-0.25, -0.2) is 9.78 Å². The normalized spacial score (nSPS) is 12.2. The molecule has 3 N–H and O–H groups in total. The number of nitrogens with one attached hydrogen (secondary N) is 1. The van der Waals surface area contributed by atoms with Crippen molar-refractivity contribution in [3.63, 3.8) is 0 Å². The molecule has 2 amide bonds. The number of primary amides is 1. The van der Waals surface area contributed by atoms with Gasteiger partial charge in [-0.1, -0.05) is 48.7 Å². The third kappa shape index (κ3) is 5.93. The van der Waals surface area contributed by atoms with Crippen LogP contribution >= 0.6 is 23.2 Å². The van der Waals surface area contributed by atoms with Crippen LogP contribution in [0, 0.1) is 0 Å². The monoisotopic (exact) mass is 393 g/mol. The number of carbonyl (C=O) groups excluding carboxylic acids is 1. The van der Waals surface area contributed by atoms with Gasteiger partial charge in [0.1, 0.15) is 0 Å². The molecule has 2 aromatic rings. The van der Waals surface area contributed by atoms with Crippen molar-refractivity contribution in [1.29, 1.82) is 0 Å². The Morgan fingerprint density at radius 3 is 2.58 bits per heavy atom. The van der Waals surface area contributed by atoms with Crippen LogP contribution in [-0.4, -0.2) is 17.1 Å². The second-order valence-electron chi connectivity index (χ2n) is 5.83. The highest BCUT2D eigenvalue weighted by atomic mass is 35.5. The SMILES string of the molecule is CCCc1cc(Cl)c(Oc2ccc(/C=C/[C@H](C)NC(N)=O)cn2)c(Cl)c1. The predicted molar refractivity (Wildman–Crippen MR) is 106 cm³/mol. The Balaban J connectivity index is 2.08. The van der Waals surface area contributed by atoms with Gasteiger partial charge in [0.15, 0.2) is 5.75 Å². The van der Waals surface area contributed by atoms with E-state index in [1.165, 1.54) is 0 Å². The van der Waals surface area contributed by atoms with Gasteiger partial charge in [-0.05, 0) is 42.7 Å². The first kappa shape index (κ1) is 20.1. The molecule has 1 atom stereocenters. The first-order valence-corrected chi connectivity index (χ1v) is 9.00. The zero-order valence-corrected chi connectivity index (χ0v) is 16.1. The predicted octanol–water partition coefficient (Wildman–Crippen LogP) is 5.20. The number of aryl methyl sites for hydroxylation is 1. The third-order valence-corrected chi connectivity index (χ3v) is 4.07. The molecule has 26 heavy (non-hydrogen) atoms. The van der Waals surface area contributed by atoms with Gasteiger partial charge < -0.3 is 15.8 Å². The molecule has 0 spiro atoms. The maximum absolute atomic E-state index is 10.8. The van der Waals surface area contributed by atoms with Crippen LogP contribution in [-0.2, 0) is 6.42 Å². The van der Waals surface area contributed by atoms with Crippen molar-refractivity contribution in [2.45, 2.75) is 32.7 Å². The number of pyridine rings is 1.